The number of carbonyl (C=O) groups is 2. The van der Waals surface area contributed by atoms with Crippen molar-refractivity contribution in [1.29, 1.82) is 0 Å². The van der Waals surface area contributed by atoms with Gasteiger partial charge in [-0.25, -0.2) is 0 Å². The summed E-state index contributed by atoms with van der Waals surface area (Å²) in [4.78, 5) is 26.6. The van der Waals surface area contributed by atoms with E-state index in [0.717, 1.165) is 0 Å². The van der Waals surface area contributed by atoms with Crippen LogP contribution in [-0.2, 0) is 9.59 Å². The average molecular weight is 243 g/mol. The molecule has 0 aromatic rings. The van der Waals surface area contributed by atoms with Gasteiger partial charge in [0.15, 0.2) is 0 Å². The number of β-amino-alcohol motifs (C(OH)–C–C–N with tert-alkyl or cyclic N) is 1. The predicted molar refractivity (Wildman–Crippen MR) is 63.4 cm³/mol. The lowest BCUT2D eigenvalue weighted by Gasteiger charge is -2.25. The summed E-state index contributed by atoms with van der Waals surface area (Å²) in [5.41, 5.74) is 0. The second-order valence-electron chi connectivity index (χ2n) is 4.49. The van der Waals surface area contributed by atoms with E-state index >= 15 is 0 Å². The van der Waals surface area contributed by atoms with Gasteiger partial charge in [-0.3, -0.25) is 9.59 Å². The molecule has 2 N–H and O–H groups in total. The maximum Gasteiger partial charge on any atom is 0.241 e. The summed E-state index contributed by atoms with van der Waals surface area (Å²) < 4.78 is 0. The Labute approximate surface area is 102 Å². The number of carbonyl (C=O) groups excluding carboxylic acids is 2. The predicted octanol–water partition coefficient (Wildman–Crippen LogP) is -1.35. The van der Waals surface area contributed by atoms with Crippen LogP contribution in [0.3, 0.4) is 0 Å². The van der Waals surface area contributed by atoms with Crippen LogP contribution in [0.4, 0.5) is 0 Å². The first-order valence-electron chi connectivity index (χ1n) is 5.86. The Balaban J connectivity index is 2.55. The van der Waals surface area contributed by atoms with Crippen molar-refractivity contribution in [2.24, 2.45) is 0 Å². The molecule has 2 unspecified atom stereocenters. The van der Waals surface area contributed by atoms with Crippen LogP contribution in [0.2, 0.25) is 0 Å². The van der Waals surface area contributed by atoms with Gasteiger partial charge in [0.2, 0.25) is 11.8 Å². The van der Waals surface area contributed by atoms with Crippen molar-refractivity contribution >= 4 is 11.8 Å². The van der Waals surface area contributed by atoms with Gasteiger partial charge in [-0.2, -0.15) is 0 Å². The number of amides is 2. The number of nitrogens with zero attached hydrogens (tertiary/aromatic N) is 2. The zero-order valence-corrected chi connectivity index (χ0v) is 10.6. The smallest absolute Gasteiger partial charge is 0.241 e. The second kappa shape index (κ2) is 5.97. The van der Waals surface area contributed by atoms with E-state index in [1.54, 1.807) is 14.1 Å². The van der Waals surface area contributed by atoms with Gasteiger partial charge < -0.3 is 20.2 Å². The molecule has 6 heteroatoms. The molecule has 1 fully saturated rings. The van der Waals surface area contributed by atoms with E-state index in [1.165, 1.54) is 9.80 Å². The monoisotopic (exact) mass is 243 g/mol. The number of hydrogen-bond acceptors (Lipinski definition) is 4. The fourth-order valence-electron chi connectivity index (χ4n) is 1.78. The van der Waals surface area contributed by atoms with Crippen molar-refractivity contribution in [3.05, 3.63) is 0 Å². The number of aliphatic hydroxyl groups excluding tert-OH is 1. The van der Waals surface area contributed by atoms with Gasteiger partial charge in [-0.15, -0.1) is 0 Å². The molecule has 17 heavy (non-hydrogen) atoms. The lowest BCUT2D eigenvalue weighted by Crippen LogP contribution is -2.47. The largest absolute Gasteiger partial charge is 0.392 e. The molecular formula is C11H21N3O3. The summed E-state index contributed by atoms with van der Waals surface area (Å²) in [7, 11) is 3.33. The highest BCUT2D eigenvalue weighted by Crippen LogP contribution is 2.09. The van der Waals surface area contributed by atoms with Gasteiger partial charge >= 0.3 is 0 Å². The quantitative estimate of drug-likeness (QED) is 0.640. The molecule has 0 spiro atoms. The van der Waals surface area contributed by atoms with Crippen molar-refractivity contribution in [2.75, 3.05) is 33.7 Å². The number of nitrogens with one attached hydrogen (secondary N) is 1. The van der Waals surface area contributed by atoms with Gasteiger partial charge in [0.05, 0.1) is 18.7 Å². The number of rotatable bonds is 4. The molecule has 1 heterocycles. The first kappa shape index (κ1) is 13.9. The SMILES string of the molecule is CCN(CC(=O)N(C)C)C(=O)C1CC(O)CN1. The molecule has 2 atom stereocenters. The molecule has 98 valence electrons. The maximum atomic E-state index is 12.1. The molecule has 0 aromatic carbocycles. The number of hydrogen-bond donors (Lipinski definition) is 2. The molecule has 0 aliphatic carbocycles. The van der Waals surface area contributed by atoms with E-state index in [9.17, 15) is 14.7 Å². The first-order valence-corrected chi connectivity index (χ1v) is 5.86. The van der Waals surface area contributed by atoms with E-state index in [1.807, 2.05) is 6.92 Å². The van der Waals surface area contributed by atoms with Crippen molar-refractivity contribution in [2.45, 2.75) is 25.5 Å². The molecule has 0 aromatic heterocycles. The zero-order chi connectivity index (χ0) is 13.0. The summed E-state index contributed by atoms with van der Waals surface area (Å²) in [6.45, 7) is 2.87. The van der Waals surface area contributed by atoms with Crippen LogP contribution in [-0.4, -0.2) is 72.6 Å². The second-order valence-corrected chi connectivity index (χ2v) is 4.49. The zero-order valence-electron chi connectivity index (χ0n) is 10.6. The van der Waals surface area contributed by atoms with Crippen LogP contribution in [0.25, 0.3) is 0 Å². The van der Waals surface area contributed by atoms with Crippen molar-refractivity contribution in [1.82, 2.24) is 15.1 Å². The summed E-state index contributed by atoms with van der Waals surface area (Å²) in [5, 5.41) is 12.3. The number of likely N-dealkylation sites (N-methyl/N-ethyl adjacent to an activating group) is 2. The van der Waals surface area contributed by atoms with E-state index in [0.29, 0.717) is 19.5 Å². The Morgan fingerprint density at radius 2 is 2.06 bits per heavy atom. The maximum absolute atomic E-state index is 12.1. The fraction of sp³-hybridized carbons (Fsp3) is 0.818. The normalized spacial score (nSPS) is 23.5. The van der Waals surface area contributed by atoms with Gasteiger partial charge in [0, 0.05) is 27.2 Å². The van der Waals surface area contributed by atoms with Gasteiger partial charge in [-0.05, 0) is 13.3 Å². The molecule has 0 bridgehead atoms. The summed E-state index contributed by atoms with van der Waals surface area (Å²) >= 11 is 0. The molecule has 6 nitrogen and oxygen atoms in total. The summed E-state index contributed by atoms with van der Waals surface area (Å²) in [6, 6.07) is -0.361. The third-order valence-corrected chi connectivity index (χ3v) is 2.92. The van der Waals surface area contributed by atoms with Crippen LogP contribution in [0.15, 0.2) is 0 Å². The topological polar surface area (TPSA) is 72.9 Å². The molecule has 1 rings (SSSR count). The van der Waals surface area contributed by atoms with Crippen LogP contribution >= 0.6 is 0 Å². The highest BCUT2D eigenvalue weighted by molar-refractivity contribution is 5.87. The van der Waals surface area contributed by atoms with Gasteiger partial charge in [0.25, 0.3) is 0 Å². The van der Waals surface area contributed by atoms with E-state index in [4.69, 9.17) is 0 Å². The van der Waals surface area contributed by atoms with Crippen molar-refractivity contribution in [3.63, 3.8) is 0 Å². The third kappa shape index (κ3) is 3.67. The first-order chi connectivity index (χ1) is 7.95. The molecule has 1 aliphatic heterocycles. The van der Waals surface area contributed by atoms with E-state index in [-0.39, 0.29) is 24.4 Å². The van der Waals surface area contributed by atoms with Crippen LogP contribution in [0.1, 0.15) is 13.3 Å². The standard InChI is InChI=1S/C11H21N3O3/c1-4-14(7-10(16)13(2)3)11(17)9-5-8(15)6-12-9/h8-9,12,15H,4-7H2,1-3H3. The highest BCUT2D eigenvalue weighted by Gasteiger charge is 2.31. The average Bonchev–Trinajstić information content (AvgIpc) is 2.71. The van der Waals surface area contributed by atoms with Crippen molar-refractivity contribution < 1.29 is 14.7 Å². The summed E-state index contributed by atoms with van der Waals surface area (Å²) in [6.07, 6.45) is -0.0434. The molecule has 0 saturated carbocycles. The molecule has 1 aliphatic rings. The molecule has 0 radical (unpaired) electrons. The van der Waals surface area contributed by atoms with Gasteiger partial charge in [-0.1, -0.05) is 0 Å². The minimum Gasteiger partial charge on any atom is -0.392 e. The minimum absolute atomic E-state index is 0.0939. The Hall–Kier alpha value is -1.14. The summed E-state index contributed by atoms with van der Waals surface area (Å²) in [5.74, 6) is -0.210. The minimum atomic E-state index is -0.466. The van der Waals surface area contributed by atoms with Crippen LogP contribution in [0, 0.1) is 0 Å². The Kier molecular flexibility index (Phi) is 4.89. The highest BCUT2D eigenvalue weighted by atomic mass is 16.3. The lowest BCUT2D eigenvalue weighted by atomic mass is 10.2. The van der Waals surface area contributed by atoms with Crippen LogP contribution < -0.4 is 5.32 Å². The molecule has 1 saturated heterocycles. The Morgan fingerprint density at radius 1 is 1.41 bits per heavy atom. The Morgan fingerprint density at radius 3 is 2.47 bits per heavy atom. The van der Waals surface area contributed by atoms with Crippen molar-refractivity contribution in [3.8, 4) is 0 Å². The van der Waals surface area contributed by atoms with Crippen LogP contribution in [0.5, 0.6) is 0 Å². The Bertz CT molecular complexity index is 294. The lowest BCUT2D eigenvalue weighted by molar-refractivity contribution is -0.140. The molecular weight excluding hydrogens is 222 g/mol. The van der Waals surface area contributed by atoms with Gasteiger partial charge in [0.1, 0.15) is 0 Å². The van der Waals surface area contributed by atoms with E-state index in [2.05, 4.69) is 5.32 Å². The number of aliphatic hydroxyl groups is 1. The third-order valence-electron chi connectivity index (χ3n) is 2.92. The fourth-order valence-corrected chi connectivity index (χ4v) is 1.78. The molecule has 2 amide bonds. The van der Waals surface area contributed by atoms with E-state index < -0.39 is 6.10 Å².